The summed E-state index contributed by atoms with van der Waals surface area (Å²) in [6, 6.07) is 8.50. The van der Waals surface area contributed by atoms with Crippen LogP contribution in [0.5, 0.6) is 0 Å². The van der Waals surface area contributed by atoms with E-state index in [2.05, 4.69) is 14.7 Å². The van der Waals surface area contributed by atoms with Gasteiger partial charge in [-0.2, -0.15) is 0 Å². The summed E-state index contributed by atoms with van der Waals surface area (Å²) in [6.45, 7) is 1.36. The van der Waals surface area contributed by atoms with Crippen LogP contribution in [0.25, 0.3) is 0 Å². The Morgan fingerprint density at radius 2 is 2.00 bits per heavy atom. The smallest absolute Gasteiger partial charge is 0.258 e. The predicted molar refractivity (Wildman–Crippen MR) is 69.3 cm³/mol. The zero-order chi connectivity index (χ0) is 13.9. The van der Waals surface area contributed by atoms with E-state index < -0.39 is 10.0 Å². The summed E-state index contributed by atoms with van der Waals surface area (Å²) in [4.78, 5) is 18.2. The van der Waals surface area contributed by atoms with Gasteiger partial charge in [0.2, 0.25) is 0 Å². The molecule has 0 aliphatic carbocycles. The SMILES string of the molecule is Cc1ncc(S(=O)(=O)NCC(=O)c2ccccc2)[nH]1. The van der Waals surface area contributed by atoms with Crippen LogP contribution >= 0.6 is 0 Å². The van der Waals surface area contributed by atoms with Crippen LogP contribution in [-0.4, -0.2) is 30.7 Å². The summed E-state index contributed by atoms with van der Waals surface area (Å²) >= 11 is 0. The number of aromatic amines is 1. The van der Waals surface area contributed by atoms with Crippen LogP contribution < -0.4 is 4.72 Å². The molecular formula is C12H13N3O3S. The number of Topliss-reactive ketones (excluding diaryl/α,β-unsaturated/α-hetero) is 1. The Bertz CT molecular complexity index is 677. The first-order chi connectivity index (χ1) is 8.99. The molecule has 6 nitrogen and oxygen atoms in total. The lowest BCUT2D eigenvalue weighted by Gasteiger charge is -2.04. The lowest BCUT2D eigenvalue weighted by Crippen LogP contribution is -2.29. The third-order valence-corrected chi connectivity index (χ3v) is 3.80. The van der Waals surface area contributed by atoms with Crippen molar-refractivity contribution in [1.29, 1.82) is 0 Å². The molecule has 2 rings (SSSR count). The molecule has 0 unspecified atom stereocenters. The summed E-state index contributed by atoms with van der Waals surface area (Å²) in [5.41, 5.74) is 0.464. The fourth-order valence-electron chi connectivity index (χ4n) is 1.50. The zero-order valence-corrected chi connectivity index (χ0v) is 11.1. The Morgan fingerprint density at radius 3 is 2.58 bits per heavy atom. The highest BCUT2D eigenvalue weighted by atomic mass is 32.2. The molecule has 0 aliphatic rings. The number of aryl methyl sites for hydroxylation is 1. The maximum atomic E-state index is 11.8. The number of ketones is 1. The zero-order valence-electron chi connectivity index (χ0n) is 10.3. The highest BCUT2D eigenvalue weighted by Gasteiger charge is 2.18. The van der Waals surface area contributed by atoms with Crippen LogP contribution in [0.2, 0.25) is 0 Å². The van der Waals surface area contributed by atoms with E-state index in [1.165, 1.54) is 6.20 Å². The Labute approximate surface area is 110 Å². The van der Waals surface area contributed by atoms with Crippen LogP contribution in [0.1, 0.15) is 16.2 Å². The molecule has 7 heteroatoms. The molecule has 0 spiro atoms. The van der Waals surface area contributed by atoms with Crippen molar-refractivity contribution < 1.29 is 13.2 Å². The van der Waals surface area contributed by atoms with Crippen LogP contribution in [-0.2, 0) is 10.0 Å². The second-order valence-corrected chi connectivity index (χ2v) is 5.68. The van der Waals surface area contributed by atoms with Crippen molar-refractivity contribution in [2.24, 2.45) is 0 Å². The van der Waals surface area contributed by atoms with E-state index in [0.717, 1.165) is 0 Å². The first kappa shape index (κ1) is 13.4. The maximum absolute atomic E-state index is 11.8. The second kappa shape index (κ2) is 5.33. The average Bonchev–Trinajstić information content (AvgIpc) is 2.85. The molecule has 1 heterocycles. The van der Waals surface area contributed by atoms with Gasteiger partial charge in [-0.15, -0.1) is 0 Å². The number of nitrogens with one attached hydrogen (secondary N) is 2. The van der Waals surface area contributed by atoms with Gasteiger partial charge in [-0.25, -0.2) is 18.1 Å². The number of hydrogen-bond acceptors (Lipinski definition) is 4. The summed E-state index contributed by atoms with van der Waals surface area (Å²) in [5, 5.41) is -0.0501. The van der Waals surface area contributed by atoms with Crippen molar-refractivity contribution in [3.63, 3.8) is 0 Å². The van der Waals surface area contributed by atoms with Gasteiger partial charge in [0, 0.05) is 5.56 Å². The molecule has 0 amide bonds. The molecule has 0 radical (unpaired) electrons. The molecule has 19 heavy (non-hydrogen) atoms. The van der Waals surface area contributed by atoms with Crippen molar-refractivity contribution in [2.45, 2.75) is 11.9 Å². The lowest BCUT2D eigenvalue weighted by molar-refractivity contribution is 0.0997. The molecule has 0 fully saturated rings. The van der Waals surface area contributed by atoms with Crippen molar-refractivity contribution in [3.8, 4) is 0 Å². The van der Waals surface area contributed by atoms with E-state index in [4.69, 9.17) is 0 Å². The largest absolute Gasteiger partial charge is 0.332 e. The van der Waals surface area contributed by atoms with E-state index in [9.17, 15) is 13.2 Å². The minimum atomic E-state index is -3.73. The predicted octanol–water partition coefficient (Wildman–Crippen LogP) is 0.879. The number of carbonyl (C=O) groups excluding carboxylic acids is 1. The standard InChI is InChI=1S/C12H13N3O3S/c1-9-13-8-12(15-9)19(17,18)14-7-11(16)10-5-3-2-4-6-10/h2-6,8,14H,7H2,1H3,(H,13,15). The number of hydrogen-bond donors (Lipinski definition) is 2. The fourth-order valence-corrected chi connectivity index (χ4v) is 2.45. The Balaban J connectivity index is 2.05. The maximum Gasteiger partial charge on any atom is 0.258 e. The van der Waals surface area contributed by atoms with Gasteiger partial charge in [-0.05, 0) is 6.92 Å². The molecule has 0 aliphatic heterocycles. The number of sulfonamides is 1. The second-order valence-electron chi connectivity index (χ2n) is 3.95. The molecule has 0 saturated carbocycles. The molecule has 1 aromatic carbocycles. The molecular weight excluding hydrogens is 266 g/mol. The van der Waals surface area contributed by atoms with Gasteiger partial charge in [0.25, 0.3) is 10.0 Å². The Hall–Kier alpha value is -1.99. The van der Waals surface area contributed by atoms with Gasteiger partial charge in [-0.3, -0.25) is 4.79 Å². The summed E-state index contributed by atoms with van der Waals surface area (Å²) in [5.74, 6) is 0.204. The van der Waals surface area contributed by atoms with Gasteiger partial charge >= 0.3 is 0 Å². The minimum absolute atomic E-state index is 0.0501. The highest BCUT2D eigenvalue weighted by molar-refractivity contribution is 7.89. The molecule has 0 atom stereocenters. The molecule has 0 bridgehead atoms. The van der Waals surface area contributed by atoms with Gasteiger partial charge in [0.05, 0.1) is 12.7 Å². The van der Waals surface area contributed by atoms with Gasteiger partial charge in [-0.1, -0.05) is 30.3 Å². The van der Waals surface area contributed by atoms with E-state index in [-0.39, 0.29) is 17.4 Å². The number of imidazole rings is 1. The van der Waals surface area contributed by atoms with E-state index in [1.807, 2.05) is 0 Å². The molecule has 2 N–H and O–H groups in total. The van der Waals surface area contributed by atoms with Crippen molar-refractivity contribution >= 4 is 15.8 Å². The summed E-state index contributed by atoms with van der Waals surface area (Å²) in [7, 11) is -3.73. The third-order valence-electron chi connectivity index (χ3n) is 2.49. The van der Waals surface area contributed by atoms with Crippen molar-refractivity contribution in [1.82, 2.24) is 14.7 Å². The van der Waals surface area contributed by atoms with E-state index >= 15 is 0 Å². The number of aromatic nitrogens is 2. The fraction of sp³-hybridized carbons (Fsp3) is 0.167. The van der Waals surface area contributed by atoms with Crippen molar-refractivity contribution in [2.75, 3.05) is 6.54 Å². The van der Waals surface area contributed by atoms with E-state index in [0.29, 0.717) is 11.4 Å². The molecule has 2 aromatic rings. The Kier molecular flexibility index (Phi) is 3.77. The van der Waals surface area contributed by atoms with Gasteiger partial charge in [0.15, 0.2) is 10.8 Å². The van der Waals surface area contributed by atoms with Crippen LogP contribution in [0, 0.1) is 6.92 Å². The number of carbonyl (C=O) groups is 1. The van der Waals surface area contributed by atoms with Gasteiger partial charge < -0.3 is 4.98 Å². The number of benzene rings is 1. The molecule has 0 saturated heterocycles. The topological polar surface area (TPSA) is 91.9 Å². The quantitative estimate of drug-likeness (QED) is 0.795. The molecule has 1 aromatic heterocycles. The van der Waals surface area contributed by atoms with Crippen molar-refractivity contribution in [3.05, 3.63) is 47.9 Å². The first-order valence-corrected chi connectivity index (χ1v) is 7.07. The number of H-pyrrole nitrogens is 1. The average molecular weight is 279 g/mol. The number of rotatable bonds is 5. The third kappa shape index (κ3) is 3.27. The van der Waals surface area contributed by atoms with Crippen LogP contribution in [0.3, 0.4) is 0 Å². The highest BCUT2D eigenvalue weighted by Crippen LogP contribution is 2.05. The molecule has 100 valence electrons. The summed E-state index contributed by atoms with van der Waals surface area (Å²) < 4.78 is 25.9. The summed E-state index contributed by atoms with van der Waals surface area (Å²) in [6.07, 6.45) is 1.21. The normalized spacial score (nSPS) is 11.4. The van der Waals surface area contributed by atoms with E-state index in [1.54, 1.807) is 37.3 Å². The monoisotopic (exact) mass is 279 g/mol. The first-order valence-electron chi connectivity index (χ1n) is 5.58. The van der Waals surface area contributed by atoms with Crippen LogP contribution in [0.15, 0.2) is 41.6 Å². The lowest BCUT2D eigenvalue weighted by atomic mass is 10.1. The van der Waals surface area contributed by atoms with Crippen LogP contribution in [0.4, 0.5) is 0 Å². The minimum Gasteiger partial charge on any atom is -0.332 e. The Morgan fingerprint density at radius 1 is 1.32 bits per heavy atom. The number of nitrogens with zero attached hydrogens (tertiary/aromatic N) is 1. The van der Waals surface area contributed by atoms with Gasteiger partial charge in [0.1, 0.15) is 5.82 Å².